The Hall–Kier alpha value is -0.870. The molecule has 1 N–H and O–H groups in total. The van der Waals surface area contributed by atoms with Gasteiger partial charge >= 0.3 is 0 Å². The van der Waals surface area contributed by atoms with E-state index in [1.165, 1.54) is 32.1 Å². The molecule has 4 fully saturated rings. The first-order valence-corrected chi connectivity index (χ1v) is 10.4. The summed E-state index contributed by atoms with van der Waals surface area (Å²) in [5.74, 6) is 1.67. The van der Waals surface area contributed by atoms with Crippen molar-refractivity contribution in [1.29, 1.82) is 0 Å². The Morgan fingerprint density at radius 3 is 2.82 bits per heavy atom. The maximum atomic E-state index is 6.14. The van der Waals surface area contributed by atoms with Crippen molar-refractivity contribution in [2.75, 3.05) is 33.4 Å². The van der Waals surface area contributed by atoms with Gasteiger partial charge in [-0.25, -0.2) is 0 Å². The van der Waals surface area contributed by atoms with Crippen LogP contribution in [0.15, 0.2) is 17.4 Å². The van der Waals surface area contributed by atoms with E-state index in [4.69, 9.17) is 9.47 Å². The van der Waals surface area contributed by atoms with Gasteiger partial charge in [-0.3, -0.25) is 9.67 Å². The monoisotopic (exact) mass is 501 g/mol. The largest absolute Gasteiger partial charge is 0.377 e. The van der Waals surface area contributed by atoms with Gasteiger partial charge in [-0.2, -0.15) is 5.10 Å². The summed E-state index contributed by atoms with van der Waals surface area (Å²) in [6.45, 7) is 3.33. The van der Waals surface area contributed by atoms with Gasteiger partial charge < -0.3 is 19.7 Å². The van der Waals surface area contributed by atoms with E-state index in [0.717, 1.165) is 31.2 Å². The normalized spacial score (nSPS) is 34.1. The molecule has 0 amide bonds. The molecule has 0 aromatic carbocycles. The number of guanidine groups is 1. The molecule has 4 aliphatic rings. The molecule has 7 nitrogen and oxygen atoms in total. The van der Waals surface area contributed by atoms with E-state index >= 15 is 0 Å². The lowest BCUT2D eigenvalue weighted by molar-refractivity contribution is -0.125. The predicted octanol–water partition coefficient (Wildman–Crippen LogP) is 2.33. The predicted molar refractivity (Wildman–Crippen MR) is 118 cm³/mol. The zero-order valence-electron chi connectivity index (χ0n) is 16.8. The molecule has 2 saturated heterocycles. The minimum absolute atomic E-state index is 0. The van der Waals surface area contributed by atoms with E-state index in [1.807, 2.05) is 31.2 Å². The second-order valence-electron chi connectivity index (χ2n) is 8.61. The van der Waals surface area contributed by atoms with Gasteiger partial charge in [0.1, 0.15) is 6.10 Å². The van der Waals surface area contributed by atoms with Gasteiger partial charge in [0.15, 0.2) is 5.96 Å². The molecule has 1 aromatic rings. The van der Waals surface area contributed by atoms with Gasteiger partial charge in [0, 0.05) is 56.4 Å². The Morgan fingerprint density at radius 2 is 2.11 bits per heavy atom. The fourth-order valence-electron chi connectivity index (χ4n) is 5.99. The number of nitrogens with zero attached hydrogens (tertiary/aromatic N) is 4. The second-order valence-corrected chi connectivity index (χ2v) is 8.61. The van der Waals surface area contributed by atoms with Crippen LogP contribution in [0.2, 0.25) is 0 Å². The zero-order valence-corrected chi connectivity index (χ0v) is 19.2. The van der Waals surface area contributed by atoms with Crippen LogP contribution in [-0.4, -0.2) is 66.1 Å². The van der Waals surface area contributed by atoms with E-state index in [9.17, 15) is 0 Å². The molecular weight excluding hydrogens is 469 g/mol. The summed E-state index contributed by atoms with van der Waals surface area (Å²) < 4.78 is 14.0. The minimum Gasteiger partial charge on any atom is -0.377 e. The van der Waals surface area contributed by atoms with E-state index in [2.05, 4.69) is 20.3 Å². The van der Waals surface area contributed by atoms with Crippen LogP contribution in [0.5, 0.6) is 0 Å². The van der Waals surface area contributed by atoms with Crippen LogP contribution in [0.4, 0.5) is 0 Å². The van der Waals surface area contributed by atoms with Crippen molar-refractivity contribution in [3.63, 3.8) is 0 Å². The van der Waals surface area contributed by atoms with Crippen molar-refractivity contribution < 1.29 is 9.47 Å². The van der Waals surface area contributed by atoms with Crippen molar-refractivity contribution in [1.82, 2.24) is 20.0 Å². The highest BCUT2D eigenvalue weighted by atomic mass is 127. The molecule has 4 unspecified atom stereocenters. The highest BCUT2D eigenvalue weighted by Gasteiger charge is 2.65. The molecular formula is C20H32IN5O2. The molecule has 8 heteroatoms. The number of halogens is 1. The summed E-state index contributed by atoms with van der Waals surface area (Å²) in [4.78, 5) is 7.00. The Bertz CT molecular complexity index is 717. The van der Waals surface area contributed by atoms with E-state index < -0.39 is 0 Å². The van der Waals surface area contributed by atoms with Gasteiger partial charge in [-0.05, 0) is 19.3 Å². The number of aryl methyl sites for hydroxylation is 1. The molecule has 1 spiro atoms. The number of morpholine rings is 1. The molecule has 2 aliphatic carbocycles. The van der Waals surface area contributed by atoms with Crippen molar-refractivity contribution in [2.24, 2.45) is 23.4 Å². The first-order chi connectivity index (χ1) is 13.2. The molecule has 5 rings (SSSR count). The first kappa shape index (κ1) is 20.4. The third kappa shape index (κ3) is 3.25. The zero-order chi connectivity index (χ0) is 18.4. The number of aliphatic imine (C=N–C) groups is 1. The number of ether oxygens (including phenoxy) is 2. The fourth-order valence-corrected chi connectivity index (χ4v) is 5.99. The van der Waals surface area contributed by atoms with Crippen LogP contribution >= 0.6 is 24.0 Å². The smallest absolute Gasteiger partial charge is 0.194 e. The number of hydrogen-bond donors (Lipinski definition) is 1. The number of aromatic nitrogens is 2. The van der Waals surface area contributed by atoms with Crippen LogP contribution in [0.25, 0.3) is 0 Å². The maximum Gasteiger partial charge on any atom is 0.194 e. The van der Waals surface area contributed by atoms with Crippen molar-refractivity contribution in [3.05, 3.63) is 18.0 Å². The molecule has 1 aromatic heterocycles. The second kappa shape index (κ2) is 8.10. The lowest BCUT2D eigenvalue weighted by Gasteiger charge is -2.57. The SMILES string of the molecule is CN=C(NC1C2CCOC2C12CCCC2)N1CCOC(c2cnn(C)c2)C1.I. The standard InChI is InChI=1S/C20H31N5O2.HI/c1-21-19(25-8-10-26-16(13-25)14-11-22-24(2)12-14)23-17-15-5-9-27-18(15)20(17)6-3-4-7-20;/h11-12,15-18H,3-10,13H2,1-2H3,(H,21,23);1H. The van der Waals surface area contributed by atoms with E-state index in [0.29, 0.717) is 30.1 Å². The summed E-state index contributed by atoms with van der Waals surface area (Å²) in [7, 11) is 3.85. The van der Waals surface area contributed by atoms with Crippen LogP contribution < -0.4 is 5.32 Å². The average Bonchev–Trinajstić information content (AvgIpc) is 3.42. The van der Waals surface area contributed by atoms with Crippen molar-refractivity contribution in [2.45, 2.75) is 50.4 Å². The minimum atomic E-state index is 0. The number of nitrogens with one attached hydrogen (secondary N) is 1. The van der Waals surface area contributed by atoms with Gasteiger partial charge in [0.2, 0.25) is 0 Å². The van der Waals surface area contributed by atoms with Crippen molar-refractivity contribution >= 4 is 29.9 Å². The Kier molecular flexibility index (Phi) is 5.90. The maximum absolute atomic E-state index is 6.14. The Morgan fingerprint density at radius 1 is 1.29 bits per heavy atom. The first-order valence-electron chi connectivity index (χ1n) is 10.4. The van der Waals surface area contributed by atoms with Crippen LogP contribution in [0.3, 0.4) is 0 Å². The van der Waals surface area contributed by atoms with Gasteiger partial charge in [-0.15, -0.1) is 24.0 Å². The van der Waals surface area contributed by atoms with Gasteiger partial charge in [0.05, 0.1) is 25.5 Å². The number of rotatable bonds is 2. The van der Waals surface area contributed by atoms with Gasteiger partial charge in [0.25, 0.3) is 0 Å². The van der Waals surface area contributed by atoms with Crippen LogP contribution in [0, 0.1) is 11.3 Å². The lowest BCUT2D eigenvalue weighted by atomic mass is 9.54. The Labute approximate surface area is 184 Å². The summed E-state index contributed by atoms with van der Waals surface area (Å²) in [5.41, 5.74) is 1.48. The molecule has 0 bridgehead atoms. The molecule has 2 saturated carbocycles. The van der Waals surface area contributed by atoms with Crippen molar-refractivity contribution in [3.8, 4) is 0 Å². The quantitative estimate of drug-likeness (QED) is 0.383. The highest BCUT2D eigenvalue weighted by molar-refractivity contribution is 14.0. The third-order valence-corrected chi connectivity index (χ3v) is 7.25. The number of fused-ring (bicyclic) bond motifs is 2. The summed E-state index contributed by atoms with van der Waals surface area (Å²) >= 11 is 0. The van der Waals surface area contributed by atoms with Crippen LogP contribution in [-0.2, 0) is 16.5 Å². The third-order valence-electron chi connectivity index (χ3n) is 7.25. The molecule has 28 heavy (non-hydrogen) atoms. The Balaban J connectivity index is 0.00000192. The summed E-state index contributed by atoms with van der Waals surface area (Å²) in [6, 6.07) is 0.505. The molecule has 156 valence electrons. The summed E-state index contributed by atoms with van der Waals surface area (Å²) in [6.07, 6.45) is 10.9. The van der Waals surface area contributed by atoms with Crippen LogP contribution in [0.1, 0.15) is 43.8 Å². The topological polar surface area (TPSA) is 63.9 Å². The fraction of sp³-hybridized carbons (Fsp3) is 0.800. The highest BCUT2D eigenvalue weighted by Crippen LogP contribution is 2.60. The van der Waals surface area contributed by atoms with Gasteiger partial charge in [-0.1, -0.05) is 12.8 Å². The summed E-state index contributed by atoms with van der Waals surface area (Å²) in [5, 5.41) is 8.17. The molecule has 3 heterocycles. The molecule has 4 atom stereocenters. The molecule has 0 radical (unpaired) electrons. The number of hydrogen-bond acceptors (Lipinski definition) is 4. The van der Waals surface area contributed by atoms with E-state index in [-0.39, 0.29) is 30.1 Å². The molecule has 2 aliphatic heterocycles. The average molecular weight is 501 g/mol. The van der Waals surface area contributed by atoms with E-state index in [1.54, 1.807) is 0 Å². The lowest BCUT2D eigenvalue weighted by Crippen LogP contribution is -2.69.